The van der Waals surface area contributed by atoms with E-state index in [2.05, 4.69) is 75.6 Å². The Bertz CT molecular complexity index is 686. The molecule has 0 unspecified atom stereocenters. The monoisotopic (exact) mass is 470 g/mol. The second kappa shape index (κ2) is 18.7. The van der Waals surface area contributed by atoms with E-state index >= 15 is 0 Å². The van der Waals surface area contributed by atoms with Gasteiger partial charge in [-0.2, -0.15) is 0 Å². The highest BCUT2D eigenvalue weighted by atomic mass is 16.2. The van der Waals surface area contributed by atoms with Gasteiger partial charge in [0.2, 0.25) is 5.91 Å². The number of amides is 1. The third kappa shape index (κ3) is 15.3. The van der Waals surface area contributed by atoms with Crippen LogP contribution in [0.2, 0.25) is 0 Å². The molecule has 0 aliphatic carbocycles. The zero-order chi connectivity index (χ0) is 25.2. The number of nitrogens with zero attached hydrogens (tertiary/aromatic N) is 2. The number of rotatable bonds is 16. The molecule has 0 saturated carbocycles. The van der Waals surface area contributed by atoms with Gasteiger partial charge in [-0.05, 0) is 92.5 Å². The molecule has 1 aliphatic heterocycles. The maximum Gasteiger partial charge on any atom is 0.222 e. The van der Waals surface area contributed by atoms with Crippen molar-refractivity contribution in [1.29, 1.82) is 0 Å². The van der Waals surface area contributed by atoms with Crippen LogP contribution in [0.1, 0.15) is 112 Å². The van der Waals surface area contributed by atoms with Gasteiger partial charge < -0.3 is 4.90 Å². The largest absolute Gasteiger partial charge is 0.340 e. The van der Waals surface area contributed by atoms with E-state index in [-0.39, 0.29) is 0 Å². The first-order valence-electron chi connectivity index (χ1n) is 13.9. The van der Waals surface area contributed by atoms with Crippen molar-refractivity contribution in [3.8, 4) is 0 Å². The van der Waals surface area contributed by atoms with E-state index < -0.39 is 0 Å². The minimum absolute atomic E-state index is 0.331. The van der Waals surface area contributed by atoms with Crippen LogP contribution >= 0.6 is 0 Å². The van der Waals surface area contributed by atoms with Crippen molar-refractivity contribution in [2.24, 2.45) is 0 Å². The Morgan fingerprint density at radius 2 is 1.12 bits per heavy atom. The number of hydrogen-bond donors (Lipinski definition) is 0. The van der Waals surface area contributed by atoms with Gasteiger partial charge in [0.25, 0.3) is 0 Å². The molecule has 0 radical (unpaired) electrons. The molecule has 1 saturated heterocycles. The summed E-state index contributed by atoms with van der Waals surface area (Å²) in [6.07, 6.45) is 21.7. The summed E-state index contributed by atoms with van der Waals surface area (Å²) in [6.45, 7) is 18.4. The zero-order valence-electron chi connectivity index (χ0n) is 23.4. The summed E-state index contributed by atoms with van der Waals surface area (Å²) in [4.78, 5) is 17.1. The highest BCUT2D eigenvalue weighted by Gasteiger charge is 2.19. The Balaban J connectivity index is 2.19. The molecule has 1 amide bonds. The minimum atomic E-state index is 0.331. The lowest BCUT2D eigenvalue weighted by Crippen LogP contribution is -2.48. The molecular formula is C31H54N2O. The maximum absolute atomic E-state index is 12.5. The molecule has 3 heteroatoms. The summed E-state index contributed by atoms with van der Waals surface area (Å²) in [5.74, 6) is 0.331. The Hall–Kier alpha value is -1.61. The molecule has 1 heterocycles. The zero-order valence-corrected chi connectivity index (χ0v) is 23.4. The number of unbranched alkanes of at least 4 members (excludes halogenated alkanes) is 2. The third-order valence-electron chi connectivity index (χ3n) is 6.81. The van der Waals surface area contributed by atoms with Crippen molar-refractivity contribution in [1.82, 2.24) is 9.80 Å². The van der Waals surface area contributed by atoms with Gasteiger partial charge in [-0.3, -0.25) is 9.69 Å². The molecule has 3 nitrogen and oxygen atoms in total. The highest BCUT2D eigenvalue weighted by molar-refractivity contribution is 5.76. The first-order chi connectivity index (χ1) is 16.3. The molecule has 1 aliphatic rings. The molecule has 0 bridgehead atoms. The SMILES string of the molecule is CCCCCN1CCN(C(=O)CCC=C(C)CCC=C(C)CCC=C(C)CCC=C(C)C)CC1. The predicted octanol–water partition coefficient (Wildman–Crippen LogP) is 8.25. The van der Waals surface area contributed by atoms with Crippen LogP contribution in [0, 0.1) is 0 Å². The molecule has 1 fully saturated rings. The van der Waals surface area contributed by atoms with Crippen molar-refractivity contribution in [3.63, 3.8) is 0 Å². The first-order valence-corrected chi connectivity index (χ1v) is 13.9. The fourth-order valence-corrected chi connectivity index (χ4v) is 4.39. The number of piperazine rings is 1. The fraction of sp³-hybridized carbons (Fsp3) is 0.710. The summed E-state index contributed by atoms with van der Waals surface area (Å²) < 4.78 is 0. The summed E-state index contributed by atoms with van der Waals surface area (Å²) in [5.41, 5.74) is 5.82. The number of allylic oxidation sites excluding steroid dienone is 8. The Labute approximate surface area is 212 Å². The molecule has 34 heavy (non-hydrogen) atoms. The van der Waals surface area contributed by atoms with Gasteiger partial charge in [0.15, 0.2) is 0 Å². The van der Waals surface area contributed by atoms with Gasteiger partial charge in [-0.25, -0.2) is 0 Å². The van der Waals surface area contributed by atoms with E-state index in [1.807, 2.05) is 0 Å². The lowest BCUT2D eigenvalue weighted by Gasteiger charge is -2.34. The van der Waals surface area contributed by atoms with Gasteiger partial charge in [-0.1, -0.05) is 66.4 Å². The highest BCUT2D eigenvalue weighted by Crippen LogP contribution is 2.14. The van der Waals surface area contributed by atoms with Crippen molar-refractivity contribution < 1.29 is 4.79 Å². The Morgan fingerprint density at radius 3 is 1.59 bits per heavy atom. The summed E-state index contributed by atoms with van der Waals surface area (Å²) in [6, 6.07) is 0. The normalized spacial score (nSPS) is 16.2. The maximum atomic E-state index is 12.5. The first kappa shape index (κ1) is 30.4. The van der Waals surface area contributed by atoms with E-state index in [0.717, 1.165) is 64.7 Å². The molecule has 0 aromatic heterocycles. The van der Waals surface area contributed by atoms with Crippen LogP contribution in [0.5, 0.6) is 0 Å². The molecule has 0 atom stereocenters. The van der Waals surface area contributed by atoms with Gasteiger partial charge in [0.1, 0.15) is 0 Å². The standard InChI is InChI=1S/C31H54N2O/c1-7-8-9-22-32-23-25-33(26-24-32)31(34)21-13-20-30(6)19-12-18-29(5)17-11-16-28(4)15-10-14-27(2)3/h14,16,18,20H,7-13,15,17,19,21-26H2,1-6H3. The minimum Gasteiger partial charge on any atom is -0.340 e. The van der Waals surface area contributed by atoms with Crippen LogP contribution < -0.4 is 0 Å². The van der Waals surface area contributed by atoms with Gasteiger partial charge in [0, 0.05) is 32.6 Å². The van der Waals surface area contributed by atoms with E-state index in [0.29, 0.717) is 12.3 Å². The molecule has 194 valence electrons. The van der Waals surface area contributed by atoms with E-state index in [1.165, 1.54) is 54.5 Å². The third-order valence-corrected chi connectivity index (χ3v) is 6.81. The molecule has 1 rings (SSSR count). The van der Waals surface area contributed by atoms with Gasteiger partial charge >= 0.3 is 0 Å². The molecule has 0 aromatic rings. The van der Waals surface area contributed by atoms with E-state index in [9.17, 15) is 4.79 Å². The molecule has 0 spiro atoms. The topological polar surface area (TPSA) is 23.6 Å². The van der Waals surface area contributed by atoms with Crippen LogP contribution in [0.15, 0.2) is 46.6 Å². The van der Waals surface area contributed by atoms with Crippen molar-refractivity contribution >= 4 is 5.91 Å². The summed E-state index contributed by atoms with van der Waals surface area (Å²) in [5, 5.41) is 0. The van der Waals surface area contributed by atoms with Crippen LogP contribution in [0.3, 0.4) is 0 Å². The molecular weight excluding hydrogens is 416 g/mol. The number of carbonyl (C=O) groups is 1. The second-order valence-corrected chi connectivity index (χ2v) is 10.5. The lowest BCUT2D eigenvalue weighted by molar-refractivity contribution is -0.132. The number of hydrogen-bond acceptors (Lipinski definition) is 2. The van der Waals surface area contributed by atoms with Gasteiger partial charge in [-0.15, -0.1) is 0 Å². The van der Waals surface area contributed by atoms with Crippen molar-refractivity contribution in [2.45, 2.75) is 112 Å². The number of carbonyl (C=O) groups excluding carboxylic acids is 1. The smallest absolute Gasteiger partial charge is 0.222 e. The Kier molecular flexibility index (Phi) is 16.7. The second-order valence-electron chi connectivity index (χ2n) is 10.5. The predicted molar refractivity (Wildman–Crippen MR) is 150 cm³/mol. The van der Waals surface area contributed by atoms with E-state index in [1.54, 1.807) is 0 Å². The summed E-state index contributed by atoms with van der Waals surface area (Å²) >= 11 is 0. The van der Waals surface area contributed by atoms with E-state index in [4.69, 9.17) is 0 Å². The van der Waals surface area contributed by atoms with Crippen LogP contribution in [0.4, 0.5) is 0 Å². The van der Waals surface area contributed by atoms with Crippen molar-refractivity contribution in [2.75, 3.05) is 32.7 Å². The lowest BCUT2D eigenvalue weighted by atomic mass is 10.0. The van der Waals surface area contributed by atoms with Crippen molar-refractivity contribution in [3.05, 3.63) is 46.6 Å². The molecule has 0 aromatic carbocycles. The van der Waals surface area contributed by atoms with Crippen LogP contribution in [0.25, 0.3) is 0 Å². The summed E-state index contributed by atoms with van der Waals surface area (Å²) in [7, 11) is 0. The fourth-order valence-electron chi connectivity index (χ4n) is 4.39. The quantitative estimate of drug-likeness (QED) is 0.167. The Morgan fingerprint density at radius 1 is 0.647 bits per heavy atom. The average Bonchev–Trinajstić information content (AvgIpc) is 2.79. The van der Waals surface area contributed by atoms with Crippen LogP contribution in [-0.2, 0) is 4.79 Å². The average molecular weight is 471 g/mol. The van der Waals surface area contributed by atoms with Crippen LogP contribution in [-0.4, -0.2) is 48.4 Å². The van der Waals surface area contributed by atoms with Gasteiger partial charge in [0.05, 0.1) is 0 Å². The molecule has 0 N–H and O–H groups in total.